The number of aliphatic hydroxyl groups excluding tert-OH is 1. The minimum atomic E-state index is -0.156. The highest BCUT2D eigenvalue weighted by Gasteiger charge is 2.10. The molecule has 0 amide bonds. The van der Waals surface area contributed by atoms with Gasteiger partial charge in [0, 0.05) is 11.1 Å². The summed E-state index contributed by atoms with van der Waals surface area (Å²) in [5.41, 5.74) is 1.39. The number of hydrogen-bond acceptors (Lipinski definition) is 3. The number of imidazole rings is 1. The molecule has 2 aromatic carbocycles. The zero-order valence-corrected chi connectivity index (χ0v) is 10.7. The first-order valence-corrected chi connectivity index (χ1v) is 6.16. The summed E-state index contributed by atoms with van der Waals surface area (Å²) in [5.74, 6) is 1.75. The second-order valence-electron chi connectivity index (χ2n) is 4.06. The minimum absolute atomic E-state index is 0.156. The molecule has 0 aliphatic heterocycles. The Labute approximate surface area is 114 Å². The third-order valence-electron chi connectivity index (χ3n) is 2.69. The lowest BCUT2D eigenvalue weighted by Gasteiger charge is -2.06. The fraction of sp³-hybridized carbons (Fsp3) is 0.0714. The number of rotatable bonds is 3. The van der Waals surface area contributed by atoms with Crippen molar-refractivity contribution >= 4 is 22.6 Å². The van der Waals surface area contributed by atoms with Crippen LogP contribution in [0.2, 0.25) is 5.02 Å². The molecule has 4 nitrogen and oxygen atoms in total. The summed E-state index contributed by atoms with van der Waals surface area (Å²) in [7, 11) is 0. The van der Waals surface area contributed by atoms with Gasteiger partial charge in [-0.25, -0.2) is 4.98 Å². The van der Waals surface area contributed by atoms with Crippen molar-refractivity contribution in [3.63, 3.8) is 0 Å². The monoisotopic (exact) mass is 274 g/mol. The number of benzene rings is 2. The van der Waals surface area contributed by atoms with E-state index in [1.807, 2.05) is 30.3 Å². The summed E-state index contributed by atoms with van der Waals surface area (Å²) in [5, 5.41) is 9.67. The third kappa shape index (κ3) is 2.41. The van der Waals surface area contributed by atoms with Crippen molar-refractivity contribution in [2.75, 3.05) is 0 Å². The fourth-order valence-electron chi connectivity index (χ4n) is 1.87. The van der Waals surface area contributed by atoms with Crippen LogP contribution in [-0.4, -0.2) is 15.1 Å². The van der Waals surface area contributed by atoms with Gasteiger partial charge in [-0.15, -0.1) is 0 Å². The largest absolute Gasteiger partial charge is 0.455 e. The number of nitrogens with one attached hydrogen (secondary N) is 1. The van der Waals surface area contributed by atoms with E-state index >= 15 is 0 Å². The van der Waals surface area contributed by atoms with Gasteiger partial charge < -0.3 is 14.8 Å². The molecule has 0 saturated heterocycles. The Hall–Kier alpha value is -2.04. The molecule has 96 valence electrons. The van der Waals surface area contributed by atoms with E-state index in [0.29, 0.717) is 27.9 Å². The summed E-state index contributed by atoms with van der Waals surface area (Å²) in [6.45, 7) is -0.156. The van der Waals surface area contributed by atoms with Gasteiger partial charge in [-0.05, 0) is 18.2 Å². The van der Waals surface area contributed by atoms with Gasteiger partial charge in [0.25, 0.3) is 0 Å². The molecule has 19 heavy (non-hydrogen) atoms. The average molecular weight is 275 g/mol. The van der Waals surface area contributed by atoms with Crippen LogP contribution in [0.1, 0.15) is 5.82 Å². The van der Waals surface area contributed by atoms with Crippen molar-refractivity contribution in [1.82, 2.24) is 9.97 Å². The predicted octanol–water partition coefficient (Wildman–Crippen LogP) is 3.50. The van der Waals surface area contributed by atoms with Gasteiger partial charge in [0.05, 0.1) is 5.52 Å². The van der Waals surface area contributed by atoms with E-state index in [-0.39, 0.29) is 6.61 Å². The molecule has 5 heteroatoms. The first-order chi connectivity index (χ1) is 9.26. The number of H-pyrrole nitrogens is 1. The van der Waals surface area contributed by atoms with E-state index in [0.717, 1.165) is 5.52 Å². The van der Waals surface area contributed by atoms with Gasteiger partial charge in [0.1, 0.15) is 23.7 Å². The Kier molecular flexibility index (Phi) is 3.11. The number of aromatic amines is 1. The van der Waals surface area contributed by atoms with Crippen LogP contribution in [0.5, 0.6) is 11.5 Å². The van der Waals surface area contributed by atoms with E-state index in [9.17, 15) is 0 Å². The number of nitrogens with zero attached hydrogens (tertiary/aromatic N) is 1. The van der Waals surface area contributed by atoms with Crippen LogP contribution in [0.4, 0.5) is 0 Å². The summed E-state index contributed by atoms with van der Waals surface area (Å²) in [6, 6.07) is 12.9. The topological polar surface area (TPSA) is 58.1 Å². The highest BCUT2D eigenvalue weighted by molar-refractivity contribution is 6.31. The smallest absolute Gasteiger partial charge is 0.156 e. The fourth-order valence-corrected chi connectivity index (χ4v) is 2.08. The van der Waals surface area contributed by atoms with E-state index in [2.05, 4.69) is 9.97 Å². The lowest BCUT2D eigenvalue weighted by Crippen LogP contribution is -1.86. The zero-order valence-electron chi connectivity index (χ0n) is 9.93. The van der Waals surface area contributed by atoms with Gasteiger partial charge in [-0.3, -0.25) is 0 Å². The molecule has 0 spiro atoms. The van der Waals surface area contributed by atoms with Crippen molar-refractivity contribution in [1.29, 1.82) is 0 Å². The predicted molar refractivity (Wildman–Crippen MR) is 73.5 cm³/mol. The van der Waals surface area contributed by atoms with E-state index in [1.54, 1.807) is 12.1 Å². The van der Waals surface area contributed by atoms with Crippen molar-refractivity contribution < 1.29 is 9.84 Å². The van der Waals surface area contributed by atoms with Crippen LogP contribution in [-0.2, 0) is 6.61 Å². The van der Waals surface area contributed by atoms with Crippen LogP contribution in [0, 0.1) is 0 Å². The molecule has 0 aliphatic rings. The molecule has 0 radical (unpaired) electrons. The quantitative estimate of drug-likeness (QED) is 0.768. The molecule has 0 unspecified atom stereocenters. The Bertz CT molecular complexity index is 710. The summed E-state index contributed by atoms with van der Waals surface area (Å²) in [6.07, 6.45) is 0. The molecule has 3 aromatic rings. The average Bonchev–Trinajstić information content (AvgIpc) is 2.83. The molecule has 1 heterocycles. The number of para-hydroxylation sites is 1. The van der Waals surface area contributed by atoms with Crippen LogP contribution < -0.4 is 4.74 Å². The van der Waals surface area contributed by atoms with Gasteiger partial charge in [0.15, 0.2) is 5.75 Å². The Morgan fingerprint density at radius 3 is 2.74 bits per heavy atom. The van der Waals surface area contributed by atoms with Crippen molar-refractivity contribution in [2.24, 2.45) is 0 Å². The summed E-state index contributed by atoms with van der Waals surface area (Å²) in [4.78, 5) is 7.27. The summed E-state index contributed by atoms with van der Waals surface area (Å²) >= 11 is 6.05. The molecule has 3 rings (SSSR count). The van der Waals surface area contributed by atoms with Gasteiger partial charge in [-0.1, -0.05) is 29.8 Å². The second-order valence-corrected chi connectivity index (χ2v) is 4.49. The zero-order chi connectivity index (χ0) is 13.2. The Morgan fingerprint density at radius 1 is 1.21 bits per heavy atom. The SMILES string of the molecule is OCc1nc2c(Oc3ccccc3)cc(Cl)cc2[nH]1. The second kappa shape index (κ2) is 4.91. The van der Waals surface area contributed by atoms with Crippen LogP contribution in [0.15, 0.2) is 42.5 Å². The van der Waals surface area contributed by atoms with Crippen molar-refractivity contribution in [3.05, 3.63) is 53.3 Å². The molecule has 0 bridgehead atoms. The Balaban J connectivity index is 2.09. The number of fused-ring (bicyclic) bond motifs is 1. The minimum Gasteiger partial charge on any atom is -0.455 e. The van der Waals surface area contributed by atoms with E-state index < -0.39 is 0 Å². The molecule has 1 aromatic heterocycles. The lowest BCUT2D eigenvalue weighted by molar-refractivity contribution is 0.273. The van der Waals surface area contributed by atoms with Crippen LogP contribution >= 0.6 is 11.6 Å². The maximum atomic E-state index is 9.12. The highest BCUT2D eigenvalue weighted by atomic mass is 35.5. The van der Waals surface area contributed by atoms with E-state index in [1.165, 1.54) is 0 Å². The maximum absolute atomic E-state index is 9.12. The number of ether oxygens (including phenoxy) is 1. The molecular formula is C14H11ClN2O2. The normalized spacial score (nSPS) is 10.8. The first-order valence-electron chi connectivity index (χ1n) is 5.78. The number of aliphatic hydroxyl groups is 1. The van der Waals surface area contributed by atoms with Crippen LogP contribution in [0.25, 0.3) is 11.0 Å². The van der Waals surface area contributed by atoms with Gasteiger partial charge in [0.2, 0.25) is 0 Å². The van der Waals surface area contributed by atoms with Gasteiger partial charge in [-0.2, -0.15) is 0 Å². The molecule has 0 saturated carbocycles. The highest BCUT2D eigenvalue weighted by Crippen LogP contribution is 2.31. The molecular weight excluding hydrogens is 264 g/mol. The standard InChI is InChI=1S/C14H11ClN2O2/c15-9-6-11-14(17-13(8-18)16-11)12(7-9)19-10-4-2-1-3-5-10/h1-7,18H,8H2,(H,16,17). The first kappa shape index (κ1) is 12.0. The maximum Gasteiger partial charge on any atom is 0.156 e. The van der Waals surface area contributed by atoms with Crippen LogP contribution in [0.3, 0.4) is 0 Å². The van der Waals surface area contributed by atoms with Gasteiger partial charge >= 0.3 is 0 Å². The summed E-state index contributed by atoms with van der Waals surface area (Å²) < 4.78 is 5.78. The number of hydrogen-bond donors (Lipinski definition) is 2. The Morgan fingerprint density at radius 2 is 2.00 bits per heavy atom. The van der Waals surface area contributed by atoms with E-state index in [4.69, 9.17) is 21.4 Å². The lowest BCUT2D eigenvalue weighted by atomic mass is 10.3. The van der Waals surface area contributed by atoms with Crippen molar-refractivity contribution in [2.45, 2.75) is 6.61 Å². The molecule has 0 atom stereocenters. The number of aromatic nitrogens is 2. The number of halogens is 1. The molecule has 0 aliphatic carbocycles. The molecule has 0 fully saturated rings. The third-order valence-corrected chi connectivity index (χ3v) is 2.90. The molecule has 2 N–H and O–H groups in total. The van der Waals surface area contributed by atoms with Crippen molar-refractivity contribution in [3.8, 4) is 11.5 Å².